The Kier molecular flexibility index (Phi) is 5.50. The van der Waals surface area contributed by atoms with E-state index in [1.807, 2.05) is 29.2 Å². The van der Waals surface area contributed by atoms with Crippen molar-refractivity contribution in [3.8, 4) is 11.3 Å². The molecule has 2 fully saturated rings. The van der Waals surface area contributed by atoms with Crippen molar-refractivity contribution in [1.82, 2.24) is 20.2 Å². The van der Waals surface area contributed by atoms with Crippen molar-refractivity contribution in [1.29, 1.82) is 0 Å². The summed E-state index contributed by atoms with van der Waals surface area (Å²) in [6.07, 6.45) is -2.62. The summed E-state index contributed by atoms with van der Waals surface area (Å²) >= 11 is 0. The third-order valence-electron chi connectivity index (χ3n) is 5.26. The Morgan fingerprint density at radius 2 is 1.61 bits per heavy atom. The molecule has 28 heavy (non-hydrogen) atoms. The highest BCUT2D eigenvalue weighted by Gasteiger charge is 2.36. The largest absolute Gasteiger partial charge is 0.451 e. The van der Waals surface area contributed by atoms with E-state index in [2.05, 4.69) is 20.2 Å². The molecule has 0 saturated carbocycles. The van der Waals surface area contributed by atoms with Gasteiger partial charge in [-0.25, -0.2) is 9.97 Å². The van der Waals surface area contributed by atoms with Crippen molar-refractivity contribution >= 4 is 5.82 Å². The van der Waals surface area contributed by atoms with Crippen LogP contribution in [0.3, 0.4) is 0 Å². The number of hydrogen-bond acceptors (Lipinski definition) is 5. The molecule has 1 aromatic carbocycles. The number of nitrogens with zero attached hydrogens (tertiary/aromatic N) is 4. The third-order valence-corrected chi connectivity index (χ3v) is 5.26. The van der Waals surface area contributed by atoms with Crippen molar-refractivity contribution in [2.75, 3.05) is 44.2 Å². The first-order valence-corrected chi connectivity index (χ1v) is 9.73. The van der Waals surface area contributed by atoms with Crippen LogP contribution in [0.2, 0.25) is 0 Å². The van der Waals surface area contributed by atoms with E-state index < -0.39 is 12.0 Å². The second-order valence-corrected chi connectivity index (χ2v) is 7.35. The van der Waals surface area contributed by atoms with Crippen LogP contribution in [0.1, 0.15) is 24.2 Å². The number of nitrogens with one attached hydrogen (secondary N) is 1. The van der Waals surface area contributed by atoms with Gasteiger partial charge in [-0.2, -0.15) is 13.2 Å². The fraction of sp³-hybridized carbons (Fsp3) is 0.500. The van der Waals surface area contributed by atoms with Gasteiger partial charge >= 0.3 is 6.18 Å². The fourth-order valence-corrected chi connectivity index (χ4v) is 3.73. The zero-order valence-corrected chi connectivity index (χ0v) is 15.7. The number of aromatic nitrogens is 2. The summed E-state index contributed by atoms with van der Waals surface area (Å²) in [4.78, 5) is 11.9. The Morgan fingerprint density at radius 3 is 2.25 bits per heavy atom. The highest BCUT2D eigenvalue weighted by Crippen LogP contribution is 2.32. The molecule has 1 aromatic heterocycles. The van der Waals surface area contributed by atoms with Gasteiger partial charge in [0.05, 0.1) is 5.69 Å². The van der Waals surface area contributed by atoms with Crippen molar-refractivity contribution in [2.45, 2.75) is 25.6 Å². The summed E-state index contributed by atoms with van der Waals surface area (Å²) in [5.41, 5.74) is 2.14. The summed E-state index contributed by atoms with van der Waals surface area (Å²) in [6.45, 7) is 6.29. The van der Waals surface area contributed by atoms with Crippen LogP contribution in [-0.4, -0.2) is 54.1 Å². The highest BCUT2D eigenvalue weighted by molar-refractivity contribution is 5.63. The molecule has 150 valence electrons. The summed E-state index contributed by atoms with van der Waals surface area (Å²) in [6, 6.07) is 9.33. The smallest absolute Gasteiger partial charge is 0.356 e. The van der Waals surface area contributed by atoms with Crippen molar-refractivity contribution in [3.05, 3.63) is 41.7 Å². The van der Waals surface area contributed by atoms with E-state index in [9.17, 15) is 13.2 Å². The van der Waals surface area contributed by atoms with Gasteiger partial charge in [0.25, 0.3) is 0 Å². The molecule has 1 N–H and O–H groups in total. The van der Waals surface area contributed by atoms with Crippen LogP contribution in [0, 0.1) is 0 Å². The normalized spacial score (nSPS) is 18.6. The minimum Gasteiger partial charge on any atom is -0.356 e. The molecule has 0 radical (unpaired) electrons. The van der Waals surface area contributed by atoms with Crippen LogP contribution in [0.25, 0.3) is 11.3 Å². The zero-order valence-electron chi connectivity index (χ0n) is 15.7. The average Bonchev–Trinajstić information content (AvgIpc) is 3.23. The van der Waals surface area contributed by atoms with Crippen LogP contribution in [0.15, 0.2) is 30.3 Å². The molecule has 4 rings (SSSR count). The van der Waals surface area contributed by atoms with Crippen molar-refractivity contribution in [2.24, 2.45) is 0 Å². The molecule has 0 spiro atoms. The first-order chi connectivity index (χ1) is 13.5. The van der Waals surface area contributed by atoms with Gasteiger partial charge in [-0.1, -0.05) is 24.3 Å². The predicted molar refractivity (Wildman–Crippen MR) is 102 cm³/mol. The quantitative estimate of drug-likeness (QED) is 0.867. The van der Waals surface area contributed by atoms with Crippen LogP contribution in [-0.2, 0) is 12.7 Å². The number of alkyl halides is 3. The molecule has 0 atom stereocenters. The van der Waals surface area contributed by atoms with E-state index in [4.69, 9.17) is 0 Å². The molecular formula is C20H24F3N5. The number of halogens is 3. The van der Waals surface area contributed by atoms with Gasteiger partial charge in [0.1, 0.15) is 5.82 Å². The van der Waals surface area contributed by atoms with Gasteiger partial charge in [-0.3, -0.25) is 4.90 Å². The molecule has 0 amide bonds. The van der Waals surface area contributed by atoms with Gasteiger partial charge in [0.2, 0.25) is 5.82 Å². The van der Waals surface area contributed by atoms with E-state index in [1.165, 1.54) is 0 Å². The minimum absolute atomic E-state index is 0.318. The topological polar surface area (TPSA) is 44.3 Å². The highest BCUT2D eigenvalue weighted by atomic mass is 19.4. The van der Waals surface area contributed by atoms with Gasteiger partial charge < -0.3 is 10.2 Å². The molecule has 2 saturated heterocycles. The summed E-state index contributed by atoms with van der Waals surface area (Å²) in [7, 11) is 0. The number of hydrogen-bond donors (Lipinski definition) is 1. The lowest BCUT2D eigenvalue weighted by Gasteiger charge is -2.27. The Bertz CT molecular complexity index is 794. The number of piperazine rings is 1. The van der Waals surface area contributed by atoms with Crippen LogP contribution in [0.4, 0.5) is 19.0 Å². The molecule has 2 aliphatic heterocycles. The molecule has 2 aliphatic rings. The summed E-state index contributed by atoms with van der Waals surface area (Å²) in [5.74, 6) is -0.712. The summed E-state index contributed by atoms with van der Waals surface area (Å²) in [5, 5.41) is 3.33. The first-order valence-electron chi connectivity index (χ1n) is 9.73. The van der Waals surface area contributed by atoms with E-state index in [0.717, 1.165) is 64.2 Å². The van der Waals surface area contributed by atoms with Crippen LogP contribution < -0.4 is 10.2 Å². The minimum atomic E-state index is -4.56. The Hall–Kier alpha value is -2.19. The first kappa shape index (κ1) is 19.1. The van der Waals surface area contributed by atoms with E-state index in [0.29, 0.717) is 17.1 Å². The maximum absolute atomic E-state index is 13.3. The van der Waals surface area contributed by atoms with E-state index in [-0.39, 0.29) is 0 Å². The molecule has 0 aliphatic carbocycles. The fourth-order valence-electron chi connectivity index (χ4n) is 3.73. The Balaban J connectivity index is 1.59. The second kappa shape index (κ2) is 8.05. The van der Waals surface area contributed by atoms with Gasteiger partial charge in [-0.05, 0) is 18.4 Å². The molecule has 2 aromatic rings. The molecule has 0 bridgehead atoms. The summed E-state index contributed by atoms with van der Waals surface area (Å²) < 4.78 is 40.0. The van der Waals surface area contributed by atoms with Crippen LogP contribution >= 0.6 is 0 Å². The monoisotopic (exact) mass is 391 g/mol. The van der Waals surface area contributed by atoms with E-state index >= 15 is 0 Å². The lowest BCUT2D eigenvalue weighted by atomic mass is 10.1. The number of rotatable bonds is 4. The van der Waals surface area contributed by atoms with Crippen LogP contribution in [0.5, 0.6) is 0 Å². The number of benzene rings is 1. The lowest BCUT2D eigenvalue weighted by molar-refractivity contribution is -0.144. The molecule has 8 heteroatoms. The molecular weight excluding hydrogens is 367 g/mol. The average molecular weight is 391 g/mol. The Labute approximate surface area is 162 Å². The van der Waals surface area contributed by atoms with Crippen molar-refractivity contribution in [3.63, 3.8) is 0 Å². The zero-order chi connectivity index (χ0) is 19.6. The maximum Gasteiger partial charge on any atom is 0.451 e. The standard InChI is InChI=1S/C20H24F3N5/c21-20(22,23)19-25-17(13-18(26-19)28-9-1-2-10-28)16-5-3-15(4-6-16)14-27-11-7-24-8-12-27/h3-6,13,24H,1-2,7-12,14H2. The van der Waals surface area contributed by atoms with Gasteiger partial charge in [0.15, 0.2) is 0 Å². The maximum atomic E-state index is 13.3. The third kappa shape index (κ3) is 4.44. The van der Waals surface area contributed by atoms with E-state index in [1.54, 1.807) is 6.07 Å². The lowest BCUT2D eigenvalue weighted by Crippen LogP contribution is -2.42. The van der Waals surface area contributed by atoms with Gasteiger partial charge in [0, 0.05) is 57.4 Å². The second-order valence-electron chi connectivity index (χ2n) is 7.35. The Morgan fingerprint density at radius 1 is 0.929 bits per heavy atom. The SMILES string of the molecule is FC(F)(F)c1nc(-c2ccc(CN3CCNCC3)cc2)cc(N2CCCC2)n1. The molecule has 3 heterocycles. The molecule has 5 nitrogen and oxygen atoms in total. The van der Waals surface area contributed by atoms with Crippen molar-refractivity contribution < 1.29 is 13.2 Å². The number of anilines is 1. The van der Waals surface area contributed by atoms with Gasteiger partial charge in [-0.15, -0.1) is 0 Å². The predicted octanol–water partition coefficient (Wildman–Crippen LogP) is 3.17. The molecule has 0 unspecified atom stereocenters.